The van der Waals surface area contributed by atoms with Crippen LogP contribution in [-0.2, 0) is 0 Å². The molecule has 4 heteroatoms. The third kappa shape index (κ3) is 3.41. The van der Waals surface area contributed by atoms with Crippen molar-refractivity contribution in [1.29, 1.82) is 5.26 Å². The van der Waals surface area contributed by atoms with Gasteiger partial charge in [-0.05, 0) is 31.5 Å². The Morgan fingerprint density at radius 1 is 1.56 bits per heavy atom. The summed E-state index contributed by atoms with van der Waals surface area (Å²) in [7, 11) is 0. The summed E-state index contributed by atoms with van der Waals surface area (Å²) in [6.45, 7) is 3.75. The second-order valence-corrected chi connectivity index (χ2v) is 4.30. The maximum Gasteiger partial charge on any atom is 0.138 e. The molecule has 0 heterocycles. The summed E-state index contributed by atoms with van der Waals surface area (Å²) in [5.74, 6) is 0.481. The maximum atomic E-state index is 9.76. The van der Waals surface area contributed by atoms with Gasteiger partial charge in [0.25, 0.3) is 0 Å². The van der Waals surface area contributed by atoms with E-state index in [0.29, 0.717) is 22.8 Å². The fourth-order valence-corrected chi connectivity index (χ4v) is 1.26. The fourth-order valence-electron chi connectivity index (χ4n) is 1.02. The minimum Gasteiger partial charge on any atom is -0.489 e. The largest absolute Gasteiger partial charge is 0.489 e. The van der Waals surface area contributed by atoms with Gasteiger partial charge in [-0.25, -0.2) is 0 Å². The lowest BCUT2D eigenvalue weighted by molar-refractivity contribution is 0.00850. The Labute approximate surface area is 100 Å². The van der Waals surface area contributed by atoms with Gasteiger partial charge in [0, 0.05) is 0 Å². The van der Waals surface area contributed by atoms with Crippen LogP contribution in [0, 0.1) is 11.3 Å². The van der Waals surface area contributed by atoms with Crippen LogP contribution in [0.25, 0.3) is 0 Å². The molecule has 1 rings (SSSR count). The monoisotopic (exact) mass is 239 g/mol. The number of rotatable bonds is 4. The smallest absolute Gasteiger partial charge is 0.138 e. The van der Waals surface area contributed by atoms with Gasteiger partial charge in [0.15, 0.2) is 0 Å². The Morgan fingerprint density at radius 3 is 2.75 bits per heavy atom. The van der Waals surface area contributed by atoms with Gasteiger partial charge in [-0.15, -0.1) is 0 Å². The lowest BCUT2D eigenvalue weighted by Crippen LogP contribution is -2.31. The summed E-state index contributed by atoms with van der Waals surface area (Å²) in [5, 5.41) is 18.8. The average molecular weight is 240 g/mol. The van der Waals surface area contributed by atoms with Crippen molar-refractivity contribution >= 4 is 11.6 Å². The minimum atomic E-state index is -0.864. The van der Waals surface area contributed by atoms with E-state index < -0.39 is 5.60 Å². The standard InChI is InChI=1S/C12H14ClNO2/c1-3-12(2,15)8-16-11-5-4-9(7-14)6-10(11)13/h4-6,15H,3,8H2,1-2H3. The molecule has 0 spiro atoms. The van der Waals surface area contributed by atoms with E-state index in [-0.39, 0.29) is 6.61 Å². The second-order valence-electron chi connectivity index (χ2n) is 3.90. The third-order valence-corrected chi connectivity index (χ3v) is 2.66. The molecule has 0 aliphatic heterocycles. The molecule has 1 atom stereocenters. The number of hydrogen-bond acceptors (Lipinski definition) is 3. The zero-order chi connectivity index (χ0) is 12.2. The first-order valence-corrected chi connectivity index (χ1v) is 5.41. The van der Waals surface area contributed by atoms with Gasteiger partial charge in [-0.2, -0.15) is 5.26 Å². The van der Waals surface area contributed by atoms with Crippen molar-refractivity contribution < 1.29 is 9.84 Å². The maximum absolute atomic E-state index is 9.76. The predicted molar refractivity (Wildman–Crippen MR) is 62.6 cm³/mol. The highest BCUT2D eigenvalue weighted by atomic mass is 35.5. The Balaban J connectivity index is 2.73. The molecule has 1 unspecified atom stereocenters. The van der Waals surface area contributed by atoms with Crippen LogP contribution >= 0.6 is 11.6 Å². The van der Waals surface area contributed by atoms with E-state index in [9.17, 15) is 5.11 Å². The number of benzene rings is 1. The van der Waals surface area contributed by atoms with Crippen molar-refractivity contribution in [2.45, 2.75) is 25.9 Å². The van der Waals surface area contributed by atoms with Crippen molar-refractivity contribution in [3.8, 4) is 11.8 Å². The molecular weight excluding hydrogens is 226 g/mol. The van der Waals surface area contributed by atoms with Crippen LogP contribution in [0.2, 0.25) is 5.02 Å². The normalized spacial score (nSPS) is 13.9. The first-order chi connectivity index (χ1) is 7.48. The van der Waals surface area contributed by atoms with Gasteiger partial charge in [0.05, 0.1) is 22.3 Å². The second kappa shape index (κ2) is 5.20. The number of hydrogen-bond donors (Lipinski definition) is 1. The molecule has 3 nitrogen and oxygen atoms in total. The molecule has 86 valence electrons. The number of halogens is 1. The molecule has 1 aromatic carbocycles. The van der Waals surface area contributed by atoms with Gasteiger partial charge in [0.2, 0.25) is 0 Å². The predicted octanol–water partition coefficient (Wildman–Crippen LogP) is 2.75. The summed E-state index contributed by atoms with van der Waals surface area (Å²) in [6.07, 6.45) is 0.598. The molecule has 0 aromatic heterocycles. The average Bonchev–Trinajstić information content (AvgIpc) is 2.27. The summed E-state index contributed by atoms with van der Waals surface area (Å²) in [6, 6.07) is 6.79. The van der Waals surface area contributed by atoms with E-state index in [4.69, 9.17) is 21.6 Å². The molecule has 0 fully saturated rings. The van der Waals surface area contributed by atoms with Crippen molar-refractivity contribution in [2.75, 3.05) is 6.61 Å². The molecule has 0 amide bonds. The molecule has 16 heavy (non-hydrogen) atoms. The number of ether oxygens (including phenoxy) is 1. The summed E-state index contributed by atoms with van der Waals surface area (Å²) >= 11 is 5.92. The number of nitriles is 1. The summed E-state index contributed by atoms with van der Waals surface area (Å²) < 4.78 is 5.40. The summed E-state index contributed by atoms with van der Waals surface area (Å²) in [4.78, 5) is 0. The lowest BCUT2D eigenvalue weighted by Gasteiger charge is -2.21. The Morgan fingerprint density at radius 2 is 2.25 bits per heavy atom. The van der Waals surface area contributed by atoms with Gasteiger partial charge < -0.3 is 9.84 Å². The zero-order valence-corrected chi connectivity index (χ0v) is 10.1. The fraction of sp³-hybridized carbons (Fsp3) is 0.417. The molecular formula is C12H14ClNO2. The quantitative estimate of drug-likeness (QED) is 0.879. The molecule has 0 saturated heterocycles. The Kier molecular flexibility index (Phi) is 4.17. The van der Waals surface area contributed by atoms with Gasteiger partial charge in [-0.3, -0.25) is 0 Å². The van der Waals surface area contributed by atoms with E-state index >= 15 is 0 Å². The number of aliphatic hydroxyl groups is 1. The van der Waals surface area contributed by atoms with E-state index in [1.165, 1.54) is 6.07 Å². The molecule has 0 aliphatic carbocycles. The van der Waals surface area contributed by atoms with Crippen molar-refractivity contribution in [3.05, 3.63) is 28.8 Å². The summed E-state index contributed by atoms with van der Waals surface area (Å²) in [5.41, 5.74) is -0.378. The number of nitrogens with zero attached hydrogens (tertiary/aromatic N) is 1. The highest BCUT2D eigenvalue weighted by Gasteiger charge is 2.19. The first-order valence-electron chi connectivity index (χ1n) is 5.03. The van der Waals surface area contributed by atoms with E-state index in [0.717, 1.165) is 0 Å². The van der Waals surface area contributed by atoms with E-state index in [1.54, 1.807) is 19.1 Å². The van der Waals surface area contributed by atoms with Crippen molar-refractivity contribution in [1.82, 2.24) is 0 Å². The molecule has 0 aliphatic rings. The molecule has 0 radical (unpaired) electrons. The van der Waals surface area contributed by atoms with E-state index in [1.807, 2.05) is 13.0 Å². The van der Waals surface area contributed by atoms with Crippen LogP contribution < -0.4 is 4.74 Å². The van der Waals surface area contributed by atoms with Crippen LogP contribution in [0.3, 0.4) is 0 Å². The molecule has 1 aromatic rings. The molecule has 0 saturated carbocycles. The van der Waals surface area contributed by atoms with Crippen molar-refractivity contribution in [3.63, 3.8) is 0 Å². The minimum absolute atomic E-state index is 0.176. The third-order valence-electron chi connectivity index (χ3n) is 2.36. The highest BCUT2D eigenvalue weighted by Crippen LogP contribution is 2.26. The molecule has 0 bridgehead atoms. The van der Waals surface area contributed by atoms with Gasteiger partial charge in [0.1, 0.15) is 12.4 Å². The van der Waals surface area contributed by atoms with Crippen LogP contribution in [-0.4, -0.2) is 17.3 Å². The Bertz CT molecular complexity index is 410. The van der Waals surface area contributed by atoms with E-state index in [2.05, 4.69) is 0 Å². The van der Waals surface area contributed by atoms with Crippen LogP contribution in [0.15, 0.2) is 18.2 Å². The van der Waals surface area contributed by atoms with Gasteiger partial charge in [-0.1, -0.05) is 18.5 Å². The zero-order valence-electron chi connectivity index (χ0n) is 9.33. The lowest BCUT2D eigenvalue weighted by atomic mass is 10.1. The molecule has 1 N–H and O–H groups in total. The van der Waals surface area contributed by atoms with Crippen LogP contribution in [0.1, 0.15) is 25.8 Å². The highest BCUT2D eigenvalue weighted by molar-refractivity contribution is 6.32. The Hall–Kier alpha value is -1.24. The topological polar surface area (TPSA) is 53.2 Å². The van der Waals surface area contributed by atoms with Crippen LogP contribution in [0.4, 0.5) is 0 Å². The van der Waals surface area contributed by atoms with Crippen molar-refractivity contribution in [2.24, 2.45) is 0 Å². The first kappa shape index (κ1) is 12.8. The van der Waals surface area contributed by atoms with Gasteiger partial charge >= 0.3 is 0 Å². The SMILES string of the molecule is CCC(C)(O)COc1ccc(C#N)cc1Cl. The van der Waals surface area contributed by atoms with Crippen LogP contribution in [0.5, 0.6) is 5.75 Å².